The van der Waals surface area contributed by atoms with Gasteiger partial charge in [0.1, 0.15) is 0 Å². The molecule has 0 bridgehead atoms. The van der Waals surface area contributed by atoms with Crippen LogP contribution in [-0.2, 0) is 0 Å². The van der Waals surface area contributed by atoms with Crippen molar-refractivity contribution in [3.8, 4) is 0 Å². The predicted octanol–water partition coefficient (Wildman–Crippen LogP) is 4.37. The zero-order valence-corrected chi connectivity index (χ0v) is 11.8. The molecule has 0 aliphatic heterocycles. The van der Waals surface area contributed by atoms with E-state index in [1.807, 2.05) is 0 Å². The number of nitrogens with one attached hydrogen (secondary N) is 1. The summed E-state index contributed by atoms with van der Waals surface area (Å²) in [5.74, 6) is 1.62. The molecule has 1 heteroatoms. The zero-order chi connectivity index (χ0) is 12.0. The number of hydrogen-bond acceptors (Lipinski definition) is 1. The van der Waals surface area contributed by atoms with Crippen LogP contribution in [0.3, 0.4) is 0 Å². The van der Waals surface area contributed by atoms with E-state index < -0.39 is 0 Å². The van der Waals surface area contributed by atoms with E-state index in [4.69, 9.17) is 0 Å². The molecule has 1 nitrogen and oxygen atoms in total. The molecule has 0 saturated heterocycles. The Kier molecular flexibility index (Phi) is 5.82. The Bertz CT molecular complexity index is 164. The molecule has 1 aliphatic rings. The lowest BCUT2D eigenvalue weighted by Crippen LogP contribution is -2.48. The first-order valence-corrected chi connectivity index (χ1v) is 7.29. The van der Waals surface area contributed by atoms with Crippen LogP contribution in [-0.4, -0.2) is 12.1 Å². The number of rotatable bonds is 6. The Morgan fingerprint density at radius 1 is 0.938 bits per heavy atom. The fraction of sp³-hybridized carbons (Fsp3) is 1.00. The van der Waals surface area contributed by atoms with Crippen LogP contribution in [0, 0.1) is 11.8 Å². The topological polar surface area (TPSA) is 12.0 Å². The Labute approximate surface area is 102 Å². The molecule has 1 fully saturated rings. The lowest BCUT2D eigenvalue weighted by Gasteiger charge is -2.39. The van der Waals surface area contributed by atoms with Gasteiger partial charge < -0.3 is 5.32 Å². The minimum atomic E-state index is 0.493. The maximum absolute atomic E-state index is 3.89. The van der Waals surface area contributed by atoms with Crippen molar-refractivity contribution in [1.82, 2.24) is 5.32 Å². The van der Waals surface area contributed by atoms with E-state index in [1.54, 1.807) is 0 Å². The average Bonchev–Trinajstić information content (AvgIpc) is 2.25. The van der Waals surface area contributed by atoms with Crippen molar-refractivity contribution in [2.75, 3.05) is 6.54 Å². The Balaban J connectivity index is 2.45. The monoisotopic (exact) mass is 225 g/mol. The Morgan fingerprint density at radius 2 is 1.56 bits per heavy atom. The van der Waals surface area contributed by atoms with E-state index in [1.165, 1.54) is 51.5 Å². The van der Waals surface area contributed by atoms with Gasteiger partial charge in [-0.05, 0) is 44.1 Å². The second-order valence-corrected chi connectivity index (χ2v) is 6.55. The van der Waals surface area contributed by atoms with Gasteiger partial charge in [-0.25, -0.2) is 0 Å². The van der Waals surface area contributed by atoms with Gasteiger partial charge in [-0.15, -0.1) is 0 Å². The van der Waals surface area contributed by atoms with Gasteiger partial charge in [-0.2, -0.15) is 0 Å². The molecule has 0 heterocycles. The molecule has 0 aromatic rings. The van der Waals surface area contributed by atoms with Crippen molar-refractivity contribution in [2.24, 2.45) is 11.8 Å². The maximum Gasteiger partial charge on any atom is 0.0181 e. The van der Waals surface area contributed by atoms with Gasteiger partial charge in [-0.1, -0.05) is 47.0 Å². The summed E-state index contributed by atoms with van der Waals surface area (Å²) in [7, 11) is 0. The Morgan fingerprint density at radius 3 is 2.06 bits per heavy atom. The van der Waals surface area contributed by atoms with Crippen molar-refractivity contribution < 1.29 is 0 Å². The summed E-state index contributed by atoms with van der Waals surface area (Å²) in [6.07, 6.45) is 9.90. The molecule has 1 aliphatic carbocycles. The minimum Gasteiger partial charge on any atom is -0.311 e. The van der Waals surface area contributed by atoms with Gasteiger partial charge in [0.15, 0.2) is 0 Å². The summed E-state index contributed by atoms with van der Waals surface area (Å²) >= 11 is 0. The van der Waals surface area contributed by atoms with Gasteiger partial charge in [0.25, 0.3) is 0 Å². The molecular formula is C15H31N. The highest BCUT2D eigenvalue weighted by Gasteiger charge is 2.31. The van der Waals surface area contributed by atoms with Crippen LogP contribution in [0.15, 0.2) is 0 Å². The average molecular weight is 225 g/mol. The quantitative estimate of drug-likeness (QED) is 0.708. The standard InChI is InChI=1S/C15H31N/c1-13(2)8-11-15(16-12-14(3)4)9-6-5-7-10-15/h13-14,16H,5-12H2,1-4H3. The summed E-state index contributed by atoms with van der Waals surface area (Å²) < 4.78 is 0. The summed E-state index contributed by atoms with van der Waals surface area (Å²) in [5, 5.41) is 3.89. The molecule has 0 radical (unpaired) electrons. The fourth-order valence-corrected chi connectivity index (χ4v) is 2.73. The van der Waals surface area contributed by atoms with Gasteiger partial charge in [0, 0.05) is 5.54 Å². The van der Waals surface area contributed by atoms with Crippen LogP contribution in [0.1, 0.15) is 72.6 Å². The fourth-order valence-electron chi connectivity index (χ4n) is 2.73. The highest BCUT2D eigenvalue weighted by atomic mass is 15.0. The largest absolute Gasteiger partial charge is 0.311 e. The highest BCUT2D eigenvalue weighted by Crippen LogP contribution is 2.33. The van der Waals surface area contributed by atoms with Crippen LogP contribution >= 0.6 is 0 Å². The molecular weight excluding hydrogens is 194 g/mol. The Hall–Kier alpha value is -0.0400. The molecule has 0 spiro atoms. The van der Waals surface area contributed by atoms with Crippen molar-refractivity contribution in [1.29, 1.82) is 0 Å². The first-order chi connectivity index (χ1) is 7.54. The van der Waals surface area contributed by atoms with Gasteiger partial charge in [0.2, 0.25) is 0 Å². The van der Waals surface area contributed by atoms with Crippen LogP contribution in [0.25, 0.3) is 0 Å². The van der Waals surface area contributed by atoms with Crippen molar-refractivity contribution in [3.63, 3.8) is 0 Å². The lowest BCUT2D eigenvalue weighted by molar-refractivity contribution is 0.197. The van der Waals surface area contributed by atoms with Gasteiger partial charge >= 0.3 is 0 Å². The molecule has 16 heavy (non-hydrogen) atoms. The molecule has 1 rings (SSSR count). The smallest absolute Gasteiger partial charge is 0.0181 e. The molecule has 0 unspecified atom stereocenters. The predicted molar refractivity (Wildman–Crippen MR) is 72.7 cm³/mol. The molecule has 0 amide bonds. The molecule has 1 N–H and O–H groups in total. The van der Waals surface area contributed by atoms with Crippen LogP contribution in [0.2, 0.25) is 0 Å². The maximum atomic E-state index is 3.89. The van der Waals surface area contributed by atoms with Crippen molar-refractivity contribution >= 4 is 0 Å². The summed E-state index contributed by atoms with van der Waals surface area (Å²) in [6.45, 7) is 10.5. The number of hydrogen-bond donors (Lipinski definition) is 1. The van der Waals surface area contributed by atoms with E-state index in [0.29, 0.717) is 5.54 Å². The van der Waals surface area contributed by atoms with Gasteiger partial charge in [0.05, 0.1) is 0 Å². The zero-order valence-electron chi connectivity index (χ0n) is 11.8. The second kappa shape index (κ2) is 6.64. The second-order valence-electron chi connectivity index (χ2n) is 6.55. The van der Waals surface area contributed by atoms with E-state index in [-0.39, 0.29) is 0 Å². The minimum absolute atomic E-state index is 0.493. The first-order valence-electron chi connectivity index (χ1n) is 7.29. The van der Waals surface area contributed by atoms with E-state index >= 15 is 0 Å². The van der Waals surface area contributed by atoms with Crippen LogP contribution in [0.4, 0.5) is 0 Å². The van der Waals surface area contributed by atoms with Crippen molar-refractivity contribution in [3.05, 3.63) is 0 Å². The third kappa shape index (κ3) is 4.86. The van der Waals surface area contributed by atoms with Crippen LogP contribution in [0.5, 0.6) is 0 Å². The van der Waals surface area contributed by atoms with Crippen LogP contribution < -0.4 is 5.32 Å². The third-order valence-electron chi connectivity index (χ3n) is 3.90. The van der Waals surface area contributed by atoms with E-state index in [9.17, 15) is 0 Å². The summed E-state index contributed by atoms with van der Waals surface area (Å²) in [6, 6.07) is 0. The van der Waals surface area contributed by atoms with E-state index in [0.717, 1.165) is 11.8 Å². The summed E-state index contributed by atoms with van der Waals surface area (Å²) in [5.41, 5.74) is 0.493. The normalized spacial score (nSPS) is 20.6. The SMILES string of the molecule is CC(C)CCC1(NCC(C)C)CCCCC1. The molecule has 0 aromatic carbocycles. The first kappa shape index (κ1) is 14.0. The lowest BCUT2D eigenvalue weighted by atomic mass is 9.77. The molecule has 0 aromatic heterocycles. The molecule has 0 atom stereocenters. The van der Waals surface area contributed by atoms with E-state index in [2.05, 4.69) is 33.0 Å². The molecule has 1 saturated carbocycles. The molecule has 96 valence electrons. The van der Waals surface area contributed by atoms with Crippen molar-refractivity contribution in [2.45, 2.75) is 78.2 Å². The third-order valence-corrected chi connectivity index (χ3v) is 3.90. The van der Waals surface area contributed by atoms with Gasteiger partial charge in [-0.3, -0.25) is 0 Å². The summed E-state index contributed by atoms with van der Waals surface area (Å²) in [4.78, 5) is 0. The highest BCUT2D eigenvalue weighted by molar-refractivity contribution is 4.91.